The Balaban J connectivity index is 1.96. The highest BCUT2D eigenvalue weighted by Crippen LogP contribution is 2.31. The third-order valence-electron chi connectivity index (χ3n) is 3.23. The number of nitrogens with one attached hydrogen (secondary N) is 1. The van der Waals surface area contributed by atoms with Crippen molar-refractivity contribution in [3.05, 3.63) is 35.5 Å². The lowest BCUT2D eigenvalue weighted by atomic mass is 10.1. The van der Waals surface area contributed by atoms with E-state index in [9.17, 15) is 4.79 Å². The quantitative estimate of drug-likeness (QED) is 0.842. The highest BCUT2D eigenvalue weighted by Gasteiger charge is 2.14. The van der Waals surface area contributed by atoms with Gasteiger partial charge in [-0.3, -0.25) is 15.0 Å². The molecule has 23 heavy (non-hydrogen) atoms. The molecule has 7 heteroatoms. The summed E-state index contributed by atoms with van der Waals surface area (Å²) >= 11 is 0. The van der Waals surface area contributed by atoms with Gasteiger partial charge in [-0.05, 0) is 20.0 Å². The number of rotatable bonds is 7. The van der Waals surface area contributed by atoms with Gasteiger partial charge in [-0.25, -0.2) is 0 Å². The van der Waals surface area contributed by atoms with Gasteiger partial charge in [0.15, 0.2) is 11.5 Å². The summed E-state index contributed by atoms with van der Waals surface area (Å²) in [7, 11) is 5.04. The van der Waals surface area contributed by atoms with E-state index in [0.29, 0.717) is 23.9 Å². The fraction of sp³-hybridized carbons (Fsp3) is 0.375. The maximum absolute atomic E-state index is 12.0. The number of likely N-dealkylation sites (N-methyl/N-ethyl adjacent to an activating group) is 1. The van der Waals surface area contributed by atoms with Crippen LogP contribution < -0.4 is 14.8 Å². The summed E-state index contributed by atoms with van der Waals surface area (Å²) in [4.78, 5) is 13.9. The average Bonchev–Trinajstić information content (AvgIpc) is 2.91. The van der Waals surface area contributed by atoms with Crippen molar-refractivity contribution in [1.29, 1.82) is 0 Å². The molecule has 0 unspecified atom stereocenters. The fourth-order valence-corrected chi connectivity index (χ4v) is 2.27. The molecule has 2 aromatic rings. The van der Waals surface area contributed by atoms with Gasteiger partial charge in [-0.2, -0.15) is 0 Å². The predicted octanol–water partition coefficient (Wildman–Crippen LogP) is 2.07. The number of aryl methyl sites for hydroxylation is 1. The summed E-state index contributed by atoms with van der Waals surface area (Å²) in [6.45, 7) is 2.55. The Labute approximate surface area is 135 Å². The first-order valence-corrected chi connectivity index (χ1v) is 7.15. The number of benzene rings is 1. The number of anilines is 1. The van der Waals surface area contributed by atoms with E-state index < -0.39 is 0 Å². The van der Waals surface area contributed by atoms with Crippen LogP contribution in [0.1, 0.15) is 11.3 Å². The maximum atomic E-state index is 12.0. The van der Waals surface area contributed by atoms with Crippen LogP contribution in [0.4, 0.5) is 5.88 Å². The van der Waals surface area contributed by atoms with Gasteiger partial charge >= 0.3 is 0 Å². The molecule has 2 rings (SSSR count). The van der Waals surface area contributed by atoms with E-state index in [4.69, 9.17) is 14.0 Å². The van der Waals surface area contributed by atoms with Crippen molar-refractivity contribution in [2.45, 2.75) is 13.5 Å². The van der Waals surface area contributed by atoms with Crippen LogP contribution in [0.2, 0.25) is 0 Å². The Morgan fingerprint density at radius 1 is 1.35 bits per heavy atom. The second-order valence-electron chi connectivity index (χ2n) is 5.21. The van der Waals surface area contributed by atoms with Gasteiger partial charge in [-0.15, -0.1) is 0 Å². The second-order valence-corrected chi connectivity index (χ2v) is 5.21. The van der Waals surface area contributed by atoms with E-state index in [1.54, 1.807) is 27.2 Å². The molecule has 0 fully saturated rings. The first-order valence-electron chi connectivity index (χ1n) is 7.15. The lowest BCUT2D eigenvalue weighted by Gasteiger charge is -2.18. The largest absolute Gasteiger partial charge is 0.493 e. The molecule has 0 radical (unpaired) electrons. The van der Waals surface area contributed by atoms with Crippen molar-refractivity contribution >= 4 is 11.8 Å². The molecule has 0 aliphatic heterocycles. The Hall–Kier alpha value is -2.54. The molecule has 1 aromatic heterocycles. The molecule has 7 nitrogen and oxygen atoms in total. The highest BCUT2D eigenvalue weighted by atomic mass is 16.5. The van der Waals surface area contributed by atoms with Crippen LogP contribution in [0, 0.1) is 6.92 Å². The smallest absolute Gasteiger partial charge is 0.240 e. The summed E-state index contributed by atoms with van der Waals surface area (Å²) in [6.07, 6.45) is 0. The van der Waals surface area contributed by atoms with Gasteiger partial charge in [0.25, 0.3) is 0 Å². The first-order chi connectivity index (χ1) is 11.0. The normalized spacial score (nSPS) is 10.7. The molecular formula is C16H21N3O4. The Morgan fingerprint density at radius 2 is 2.13 bits per heavy atom. The van der Waals surface area contributed by atoms with E-state index in [-0.39, 0.29) is 12.5 Å². The number of carbonyl (C=O) groups excluding carboxylic acids is 1. The van der Waals surface area contributed by atoms with Crippen molar-refractivity contribution in [2.75, 3.05) is 33.1 Å². The zero-order chi connectivity index (χ0) is 16.8. The van der Waals surface area contributed by atoms with Gasteiger partial charge < -0.3 is 14.0 Å². The van der Waals surface area contributed by atoms with Crippen LogP contribution in [-0.2, 0) is 11.3 Å². The van der Waals surface area contributed by atoms with E-state index >= 15 is 0 Å². The van der Waals surface area contributed by atoms with Gasteiger partial charge in [0, 0.05) is 18.2 Å². The zero-order valence-corrected chi connectivity index (χ0v) is 13.8. The minimum atomic E-state index is -0.175. The van der Waals surface area contributed by atoms with E-state index in [1.807, 2.05) is 30.1 Å². The molecule has 1 heterocycles. The summed E-state index contributed by atoms with van der Waals surface area (Å²) < 4.78 is 15.6. The lowest BCUT2D eigenvalue weighted by molar-refractivity contribution is -0.117. The molecule has 0 spiro atoms. The van der Waals surface area contributed by atoms with Crippen molar-refractivity contribution < 1.29 is 18.8 Å². The molecular weight excluding hydrogens is 298 g/mol. The molecule has 0 saturated carbocycles. The molecule has 0 aliphatic rings. The Bertz CT molecular complexity index is 669. The first kappa shape index (κ1) is 16.8. The number of methoxy groups -OCH3 is 2. The third-order valence-corrected chi connectivity index (χ3v) is 3.23. The molecule has 1 aromatic carbocycles. The predicted molar refractivity (Wildman–Crippen MR) is 85.7 cm³/mol. The number of aromatic nitrogens is 1. The summed E-state index contributed by atoms with van der Waals surface area (Å²) in [5.74, 6) is 1.51. The SMILES string of the molecule is COc1cccc(CN(C)CC(=O)Nc2cc(C)no2)c1OC. The van der Waals surface area contributed by atoms with E-state index in [2.05, 4.69) is 10.5 Å². The zero-order valence-electron chi connectivity index (χ0n) is 13.8. The molecule has 1 amide bonds. The Kier molecular flexibility index (Phi) is 5.59. The molecule has 124 valence electrons. The van der Waals surface area contributed by atoms with Crippen LogP contribution in [0.15, 0.2) is 28.8 Å². The van der Waals surface area contributed by atoms with Gasteiger partial charge in [0.1, 0.15) is 0 Å². The number of nitrogens with zero attached hydrogens (tertiary/aromatic N) is 2. The molecule has 0 bridgehead atoms. The lowest BCUT2D eigenvalue weighted by Crippen LogP contribution is -2.29. The van der Waals surface area contributed by atoms with Crippen LogP contribution in [0.3, 0.4) is 0 Å². The van der Waals surface area contributed by atoms with E-state index in [1.165, 1.54) is 0 Å². The minimum absolute atomic E-state index is 0.175. The summed E-state index contributed by atoms with van der Waals surface area (Å²) in [6, 6.07) is 7.34. The molecule has 0 atom stereocenters. The summed E-state index contributed by atoms with van der Waals surface area (Å²) in [5.41, 5.74) is 1.66. The van der Waals surface area contributed by atoms with Crippen molar-refractivity contribution in [2.24, 2.45) is 0 Å². The minimum Gasteiger partial charge on any atom is -0.493 e. The van der Waals surface area contributed by atoms with Crippen molar-refractivity contribution in [1.82, 2.24) is 10.1 Å². The Morgan fingerprint density at radius 3 is 2.74 bits per heavy atom. The third kappa shape index (κ3) is 4.46. The van der Waals surface area contributed by atoms with Crippen LogP contribution in [0.5, 0.6) is 11.5 Å². The number of amides is 1. The summed E-state index contributed by atoms with van der Waals surface area (Å²) in [5, 5.41) is 6.39. The highest BCUT2D eigenvalue weighted by molar-refractivity contribution is 5.90. The number of ether oxygens (including phenoxy) is 2. The molecule has 0 aliphatic carbocycles. The van der Waals surface area contributed by atoms with Crippen LogP contribution in [0.25, 0.3) is 0 Å². The number of hydrogen-bond acceptors (Lipinski definition) is 6. The fourth-order valence-electron chi connectivity index (χ4n) is 2.27. The maximum Gasteiger partial charge on any atom is 0.240 e. The van der Waals surface area contributed by atoms with Crippen molar-refractivity contribution in [3.8, 4) is 11.5 Å². The second kappa shape index (κ2) is 7.64. The van der Waals surface area contributed by atoms with Gasteiger partial charge in [-0.1, -0.05) is 17.3 Å². The van der Waals surface area contributed by atoms with Crippen LogP contribution >= 0.6 is 0 Å². The van der Waals surface area contributed by atoms with Gasteiger partial charge in [0.2, 0.25) is 11.8 Å². The average molecular weight is 319 g/mol. The van der Waals surface area contributed by atoms with Crippen molar-refractivity contribution in [3.63, 3.8) is 0 Å². The topological polar surface area (TPSA) is 76.8 Å². The molecule has 1 N–H and O–H groups in total. The van der Waals surface area contributed by atoms with Crippen LogP contribution in [-0.4, -0.2) is 43.8 Å². The van der Waals surface area contributed by atoms with E-state index in [0.717, 1.165) is 11.3 Å². The number of hydrogen-bond donors (Lipinski definition) is 1. The number of para-hydroxylation sites is 1. The monoisotopic (exact) mass is 319 g/mol. The molecule has 0 saturated heterocycles. The standard InChI is InChI=1S/C16H21N3O4/c1-11-8-15(23-18-11)17-14(20)10-19(2)9-12-6-5-7-13(21-3)16(12)22-4/h5-8H,9-10H2,1-4H3,(H,17,20). The van der Waals surface area contributed by atoms with Gasteiger partial charge in [0.05, 0.1) is 26.5 Å². The number of carbonyl (C=O) groups is 1.